The van der Waals surface area contributed by atoms with Gasteiger partial charge in [-0.3, -0.25) is 0 Å². The Balaban J connectivity index is 2.11. The summed E-state index contributed by atoms with van der Waals surface area (Å²) < 4.78 is 5.27. The lowest BCUT2D eigenvalue weighted by Crippen LogP contribution is -2.35. The highest BCUT2D eigenvalue weighted by molar-refractivity contribution is 6.32. The number of fused-ring (bicyclic) bond motifs is 2. The molecule has 0 unspecified atom stereocenters. The first kappa shape index (κ1) is 9.34. The highest BCUT2D eigenvalue weighted by Crippen LogP contribution is 2.52. The minimum atomic E-state index is 0.382. The van der Waals surface area contributed by atoms with E-state index < -0.39 is 0 Å². The monoisotopic (exact) mass is 223 g/mol. The van der Waals surface area contributed by atoms with Gasteiger partial charge in [0, 0.05) is 17.6 Å². The van der Waals surface area contributed by atoms with Gasteiger partial charge >= 0.3 is 0 Å². The summed E-state index contributed by atoms with van der Waals surface area (Å²) in [7, 11) is 1.67. The first-order valence-corrected chi connectivity index (χ1v) is 5.75. The van der Waals surface area contributed by atoms with Crippen LogP contribution in [0.5, 0.6) is 5.75 Å². The molecule has 1 spiro atoms. The molecule has 0 aromatic heterocycles. The number of rotatable bonds is 1. The van der Waals surface area contributed by atoms with E-state index in [1.54, 1.807) is 7.11 Å². The summed E-state index contributed by atoms with van der Waals surface area (Å²) in [5.41, 5.74) is 2.98. The largest absolute Gasteiger partial charge is 0.495 e. The van der Waals surface area contributed by atoms with Crippen LogP contribution in [0.3, 0.4) is 0 Å². The SMILES string of the molecule is COc1cc2c(cc1Cl)NCC21CCC1. The van der Waals surface area contributed by atoms with E-state index in [4.69, 9.17) is 16.3 Å². The third-order valence-electron chi connectivity index (χ3n) is 3.79. The van der Waals surface area contributed by atoms with Gasteiger partial charge in [0.05, 0.1) is 12.1 Å². The minimum absolute atomic E-state index is 0.382. The predicted molar refractivity (Wildman–Crippen MR) is 62.0 cm³/mol. The van der Waals surface area contributed by atoms with E-state index in [0.717, 1.165) is 12.3 Å². The van der Waals surface area contributed by atoms with Crippen LogP contribution in [0.15, 0.2) is 12.1 Å². The fourth-order valence-corrected chi connectivity index (χ4v) is 2.94. The number of hydrogen-bond donors (Lipinski definition) is 1. The average Bonchev–Trinajstić information content (AvgIpc) is 2.54. The molecule has 0 saturated heterocycles. The number of hydrogen-bond acceptors (Lipinski definition) is 2. The minimum Gasteiger partial charge on any atom is -0.495 e. The standard InChI is InChI=1S/C12H14ClNO/c1-15-11-5-8-10(6-9(11)13)14-7-12(8)3-2-4-12/h5-6,14H,2-4,7H2,1H3. The van der Waals surface area contributed by atoms with E-state index in [1.807, 2.05) is 6.07 Å². The third-order valence-corrected chi connectivity index (χ3v) is 4.09. The van der Waals surface area contributed by atoms with Crippen molar-refractivity contribution in [2.75, 3.05) is 19.0 Å². The van der Waals surface area contributed by atoms with Crippen molar-refractivity contribution in [1.82, 2.24) is 0 Å². The molecule has 3 heteroatoms. The number of anilines is 1. The molecule has 1 saturated carbocycles. The van der Waals surface area contributed by atoms with Crippen molar-refractivity contribution in [2.45, 2.75) is 24.7 Å². The summed E-state index contributed by atoms with van der Waals surface area (Å²) in [6.07, 6.45) is 3.92. The average molecular weight is 224 g/mol. The van der Waals surface area contributed by atoms with Crippen molar-refractivity contribution >= 4 is 17.3 Å². The van der Waals surface area contributed by atoms with Crippen LogP contribution >= 0.6 is 11.6 Å². The van der Waals surface area contributed by atoms with Crippen molar-refractivity contribution in [3.8, 4) is 5.75 Å². The summed E-state index contributed by atoms with van der Waals surface area (Å²) in [5, 5.41) is 4.14. The van der Waals surface area contributed by atoms with Crippen molar-refractivity contribution in [3.63, 3.8) is 0 Å². The van der Waals surface area contributed by atoms with Gasteiger partial charge in [-0.25, -0.2) is 0 Å². The normalized spacial score (nSPS) is 20.7. The van der Waals surface area contributed by atoms with Crippen molar-refractivity contribution in [2.24, 2.45) is 0 Å². The number of methoxy groups -OCH3 is 1. The maximum atomic E-state index is 6.10. The Kier molecular flexibility index (Phi) is 1.90. The van der Waals surface area contributed by atoms with Crippen LogP contribution in [-0.2, 0) is 5.41 Å². The number of halogens is 1. The molecule has 1 heterocycles. The van der Waals surface area contributed by atoms with Gasteiger partial charge in [0.25, 0.3) is 0 Å². The first-order chi connectivity index (χ1) is 7.25. The van der Waals surface area contributed by atoms with Gasteiger partial charge in [0.15, 0.2) is 0 Å². The zero-order valence-corrected chi connectivity index (χ0v) is 9.53. The second kappa shape index (κ2) is 3.05. The maximum Gasteiger partial charge on any atom is 0.137 e. The quantitative estimate of drug-likeness (QED) is 0.790. The molecule has 1 aliphatic heterocycles. The summed E-state index contributed by atoms with van der Waals surface area (Å²) in [6.45, 7) is 1.06. The van der Waals surface area contributed by atoms with Crippen LogP contribution < -0.4 is 10.1 Å². The topological polar surface area (TPSA) is 21.3 Å². The predicted octanol–water partition coefficient (Wildman–Crippen LogP) is 3.20. The van der Waals surface area contributed by atoms with Crippen LogP contribution in [0, 0.1) is 0 Å². The van der Waals surface area contributed by atoms with Crippen LogP contribution in [0.25, 0.3) is 0 Å². The van der Waals surface area contributed by atoms with Gasteiger partial charge in [-0.05, 0) is 30.5 Å². The Morgan fingerprint density at radius 3 is 2.80 bits per heavy atom. The second-order valence-electron chi connectivity index (χ2n) is 4.52. The lowest BCUT2D eigenvalue weighted by atomic mass is 9.66. The zero-order chi connectivity index (χ0) is 10.5. The Hall–Kier alpha value is -0.890. The van der Waals surface area contributed by atoms with Crippen molar-refractivity contribution in [1.29, 1.82) is 0 Å². The van der Waals surface area contributed by atoms with E-state index in [-0.39, 0.29) is 0 Å². The molecule has 2 aliphatic rings. The molecular formula is C12H14ClNO. The smallest absolute Gasteiger partial charge is 0.137 e. The molecule has 0 radical (unpaired) electrons. The lowest BCUT2D eigenvalue weighted by Gasteiger charge is -2.38. The Morgan fingerprint density at radius 1 is 1.40 bits per heavy atom. The van der Waals surface area contributed by atoms with Gasteiger partial charge < -0.3 is 10.1 Å². The molecular weight excluding hydrogens is 210 g/mol. The van der Waals surface area contributed by atoms with Gasteiger partial charge in [-0.15, -0.1) is 0 Å². The van der Waals surface area contributed by atoms with E-state index in [1.165, 1.54) is 30.5 Å². The summed E-state index contributed by atoms with van der Waals surface area (Å²) in [6, 6.07) is 4.10. The van der Waals surface area contributed by atoms with Gasteiger partial charge in [-0.1, -0.05) is 18.0 Å². The van der Waals surface area contributed by atoms with Crippen molar-refractivity contribution in [3.05, 3.63) is 22.7 Å². The molecule has 1 fully saturated rings. The van der Waals surface area contributed by atoms with Gasteiger partial charge in [0.1, 0.15) is 5.75 Å². The molecule has 0 bridgehead atoms. The Labute approximate surface area is 94.6 Å². The summed E-state index contributed by atoms with van der Waals surface area (Å²) >= 11 is 6.10. The number of benzene rings is 1. The van der Waals surface area contributed by atoms with E-state index in [9.17, 15) is 0 Å². The molecule has 2 nitrogen and oxygen atoms in total. The zero-order valence-electron chi connectivity index (χ0n) is 8.77. The van der Waals surface area contributed by atoms with Gasteiger partial charge in [-0.2, -0.15) is 0 Å². The van der Waals surface area contributed by atoms with E-state index in [0.29, 0.717) is 10.4 Å². The fourth-order valence-electron chi connectivity index (χ4n) is 2.70. The molecule has 1 N–H and O–H groups in total. The fraction of sp³-hybridized carbons (Fsp3) is 0.500. The van der Waals surface area contributed by atoms with Gasteiger partial charge in [0.2, 0.25) is 0 Å². The molecule has 0 atom stereocenters. The molecule has 1 aromatic carbocycles. The highest BCUT2D eigenvalue weighted by atomic mass is 35.5. The Bertz CT molecular complexity index is 412. The van der Waals surface area contributed by atoms with E-state index >= 15 is 0 Å². The van der Waals surface area contributed by atoms with Crippen molar-refractivity contribution < 1.29 is 4.74 Å². The van der Waals surface area contributed by atoms with Crippen LogP contribution in [0.2, 0.25) is 5.02 Å². The molecule has 3 rings (SSSR count). The molecule has 15 heavy (non-hydrogen) atoms. The first-order valence-electron chi connectivity index (χ1n) is 5.37. The molecule has 80 valence electrons. The molecule has 1 aliphatic carbocycles. The Morgan fingerprint density at radius 2 is 2.20 bits per heavy atom. The summed E-state index contributed by atoms with van der Waals surface area (Å²) in [4.78, 5) is 0. The number of ether oxygens (including phenoxy) is 1. The number of nitrogens with one attached hydrogen (secondary N) is 1. The van der Waals surface area contributed by atoms with Crippen LogP contribution in [0.1, 0.15) is 24.8 Å². The highest BCUT2D eigenvalue weighted by Gasteiger charge is 2.44. The van der Waals surface area contributed by atoms with E-state index in [2.05, 4.69) is 11.4 Å². The molecule has 1 aromatic rings. The maximum absolute atomic E-state index is 6.10. The van der Waals surface area contributed by atoms with Crippen LogP contribution in [0.4, 0.5) is 5.69 Å². The third kappa shape index (κ3) is 1.18. The molecule has 0 amide bonds. The summed E-state index contributed by atoms with van der Waals surface area (Å²) in [5.74, 6) is 0.797. The second-order valence-corrected chi connectivity index (χ2v) is 4.93. The lowest BCUT2D eigenvalue weighted by molar-refractivity contribution is 0.271. The van der Waals surface area contributed by atoms with Crippen LogP contribution in [-0.4, -0.2) is 13.7 Å².